The summed E-state index contributed by atoms with van der Waals surface area (Å²) < 4.78 is 0. The first-order valence-corrected chi connectivity index (χ1v) is 5.97. The lowest BCUT2D eigenvalue weighted by Gasteiger charge is -2.22. The summed E-state index contributed by atoms with van der Waals surface area (Å²) in [6.45, 7) is 3.42. The average molecular weight is 236 g/mol. The summed E-state index contributed by atoms with van der Waals surface area (Å²) >= 11 is 0. The van der Waals surface area contributed by atoms with Crippen molar-refractivity contribution < 1.29 is 15.0 Å². The van der Waals surface area contributed by atoms with Crippen LogP contribution in [0.5, 0.6) is 0 Å². The molecular formula is C14H20O3. The summed E-state index contributed by atoms with van der Waals surface area (Å²) in [5.41, 5.74) is 1.17. The van der Waals surface area contributed by atoms with Crippen molar-refractivity contribution in [2.45, 2.75) is 32.8 Å². The molecule has 1 aromatic carbocycles. The molecule has 3 unspecified atom stereocenters. The molecule has 0 saturated carbocycles. The van der Waals surface area contributed by atoms with Crippen LogP contribution in [0.3, 0.4) is 0 Å². The van der Waals surface area contributed by atoms with Gasteiger partial charge in [-0.05, 0) is 24.3 Å². The van der Waals surface area contributed by atoms with Crippen LogP contribution in [0, 0.1) is 11.8 Å². The van der Waals surface area contributed by atoms with Crippen LogP contribution in [-0.2, 0) is 11.2 Å². The van der Waals surface area contributed by atoms with Crippen LogP contribution in [0.25, 0.3) is 0 Å². The van der Waals surface area contributed by atoms with Crippen molar-refractivity contribution in [3.05, 3.63) is 35.9 Å². The van der Waals surface area contributed by atoms with E-state index in [0.29, 0.717) is 6.42 Å². The van der Waals surface area contributed by atoms with E-state index in [0.717, 1.165) is 6.42 Å². The quantitative estimate of drug-likeness (QED) is 0.797. The van der Waals surface area contributed by atoms with Crippen molar-refractivity contribution in [1.29, 1.82) is 0 Å². The number of hydrogen-bond acceptors (Lipinski definition) is 2. The topological polar surface area (TPSA) is 57.5 Å². The molecule has 3 heteroatoms. The number of hydrogen-bond donors (Lipinski definition) is 2. The molecule has 0 spiro atoms. The largest absolute Gasteiger partial charge is 0.481 e. The van der Waals surface area contributed by atoms with Crippen molar-refractivity contribution in [2.24, 2.45) is 11.8 Å². The zero-order valence-electron chi connectivity index (χ0n) is 10.3. The zero-order valence-corrected chi connectivity index (χ0v) is 10.3. The maximum absolute atomic E-state index is 10.8. The Morgan fingerprint density at radius 2 is 1.82 bits per heavy atom. The van der Waals surface area contributed by atoms with Crippen LogP contribution >= 0.6 is 0 Å². The second kappa shape index (κ2) is 6.40. The Hall–Kier alpha value is -1.35. The molecule has 0 radical (unpaired) electrons. The number of rotatable bonds is 6. The van der Waals surface area contributed by atoms with Crippen LogP contribution in [0.2, 0.25) is 0 Å². The lowest BCUT2D eigenvalue weighted by molar-refractivity contribution is -0.144. The van der Waals surface area contributed by atoms with E-state index in [4.69, 9.17) is 5.11 Å². The van der Waals surface area contributed by atoms with Crippen LogP contribution in [-0.4, -0.2) is 22.3 Å². The molecular weight excluding hydrogens is 216 g/mol. The molecule has 0 aromatic heterocycles. The summed E-state index contributed by atoms with van der Waals surface area (Å²) in [6, 6.07) is 9.90. The molecule has 3 nitrogen and oxygen atoms in total. The van der Waals surface area contributed by atoms with Crippen molar-refractivity contribution in [3.63, 3.8) is 0 Å². The molecule has 94 valence electrons. The van der Waals surface area contributed by atoms with E-state index >= 15 is 0 Å². The summed E-state index contributed by atoms with van der Waals surface area (Å²) in [7, 11) is 0. The first-order chi connectivity index (χ1) is 8.02. The minimum Gasteiger partial charge on any atom is -0.481 e. The van der Waals surface area contributed by atoms with Gasteiger partial charge in [0.05, 0.1) is 12.0 Å². The molecule has 1 aromatic rings. The second-order valence-corrected chi connectivity index (χ2v) is 4.58. The fraction of sp³-hybridized carbons (Fsp3) is 0.500. The van der Waals surface area contributed by atoms with E-state index in [9.17, 15) is 9.90 Å². The Balaban J connectivity index is 2.44. The number of aliphatic carboxylic acids is 1. The molecule has 17 heavy (non-hydrogen) atoms. The molecule has 0 heterocycles. The fourth-order valence-corrected chi connectivity index (χ4v) is 1.78. The molecule has 1 rings (SSSR count). The molecule has 0 bridgehead atoms. The lowest BCUT2D eigenvalue weighted by atomic mass is 9.88. The summed E-state index contributed by atoms with van der Waals surface area (Å²) in [5, 5.41) is 18.8. The standard InChI is InChI=1S/C14H20O3/c1-10(11(2)14(16)17)13(15)9-8-12-6-4-3-5-7-12/h3-7,10-11,13,15H,8-9H2,1-2H3,(H,16,17). The van der Waals surface area contributed by atoms with Crippen molar-refractivity contribution in [1.82, 2.24) is 0 Å². The van der Waals surface area contributed by atoms with Gasteiger partial charge in [-0.1, -0.05) is 44.2 Å². The maximum atomic E-state index is 10.8. The number of aliphatic hydroxyl groups excluding tert-OH is 1. The minimum absolute atomic E-state index is 0.226. The Bertz CT molecular complexity index is 348. The van der Waals surface area contributed by atoms with Crippen LogP contribution < -0.4 is 0 Å². The fourth-order valence-electron chi connectivity index (χ4n) is 1.78. The van der Waals surface area contributed by atoms with Gasteiger partial charge in [-0.2, -0.15) is 0 Å². The Labute approximate surface area is 102 Å². The second-order valence-electron chi connectivity index (χ2n) is 4.58. The maximum Gasteiger partial charge on any atom is 0.306 e. The van der Waals surface area contributed by atoms with Crippen LogP contribution in [0.4, 0.5) is 0 Å². The summed E-state index contributed by atoms with van der Waals surface area (Å²) in [5.74, 6) is -1.59. The van der Waals surface area contributed by atoms with E-state index < -0.39 is 18.0 Å². The summed E-state index contributed by atoms with van der Waals surface area (Å²) in [6.07, 6.45) is 0.808. The molecule has 0 saturated heterocycles. The predicted molar refractivity (Wildman–Crippen MR) is 66.7 cm³/mol. The highest BCUT2D eigenvalue weighted by Gasteiger charge is 2.25. The van der Waals surface area contributed by atoms with Gasteiger partial charge in [-0.15, -0.1) is 0 Å². The van der Waals surface area contributed by atoms with Gasteiger partial charge in [0.2, 0.25) is 0 Å². The number of carboxylic acids is 1. The number of carboxylic acid groups (broad SMARTS) is 1. The van der Waals surface area contributed by atoms with Gasteiger partial charge in [0.15, 0.2) is 0 Å². The van der Waals surface area contributed by atoms with Gasteiger partial charge in [0, 0.05) is 0 Å². The van der Waals surface area contributed by atoms with Gasteiger partial charge in [0.1, 0.15) is 0 Å². The third-order valence-electron chi connectivity index (χ3n) is 3.36. The van der Waals surface area contributed by atoms with Crippen LogP contribution in [0.1, 0.15) is 25.8 Å². The van der Waals surface area contributed by atoms with E-state index in [1.54, 1.807) is 13.8 Å². The van der Waals surface area contributed by atoms with Gasteiger partial charge in [-0.25, -0.2) is 0 Å². The van der Waals surface area contributed by atoms with E-state index in [2.05, 4.69) is 0 Å². The van der Waals surface area contributed by atoms with E-state index in [1.165, 1.54) is 5.56 Å². The third kappa shape index (κ3) is 4.19. The Kier molecular flexibility index (Phi) is 5.16. The van der Waals surface area contributed by atoms with Gasteiger partial charge in [-0.3, -0.25) is 4.79 Å². The van der Waals surface area contributed by atoms with Crippen molar-refractivity contribution >= 4 is 5.97 Å². The van der Waals surface area contributed by atoms with Crippen molar-refractivity contribution in [3.8, 4) is 0 Å². The highest BCUT2D eigenvalue weighted by molar-refractivity contribution is 5.69. The van der Waals surface area contributed by atoms with Crippen LogP contribution in [0.15, 0.2) is 30.3 Å². The minimum atomic E-state index is -0.851. The average Bonchev–Trinajstić information content (AvgIpc) is 2.35. The monoisotopic (exact) mass is 236 g/mol. The first kappa shape index (κ1) is 13.7. The molecule has 0 aliphatic carbocycles. The third-order valence-corrected chi connectivity index (χ3v) is 3.36. The number of aliphatic hydroxyl groups is 1. The van der Waals surface area contributed by atoms with Gasteiger partial charge in [0.25, 0.3) is 0 Å². The zero-order chi connectivity index (χ0) is 12.8. The predicted octanol–water partition coefficient (Wildman–Crippen LogP) is 2.34. The molecule has 0 aliphatic heterocycles. The molecule has 3 atom stereocenters. The van der Waals surface area contributed by atoms with Gasteiger partial charge < -0.3 is 10.2 Å². The van der Waals surface area contributed by atoms with E-state index in [-0.39, 0.29) is 5.92 Å². The highest BCUT2D eigenvalue weighted by Crippen LogP contribution is 2.19. The van der Waals surface area contributed by atoms with E-state index in [1.807, 2.05) is 30.3 Å². The Morgan fingerprint density at radius 1 is 1.24 bits per heavy atom. The summed E-state index contributed by atoms with van der Waals surface area (Å²) in [4.78, 5) is 10.8. The van der Waals surface area contributed by atoms with Crippen molar-refractivity contribution in [2.75, 3.05) is 0 Å². The number of carbonyl (C=O) groups is 1. The normalized spacial score (nSPS) is 16.2. The highest BCUT2D eigenvalue weighted by atomic mass is 16.4. The molecule has 2 N–H and O–H groups in total. The SMILES string of the molecule is CC(C(=O)O)C(C)C(O)CCc1ccccc1. The smallest absolute Gasteiger partial charge is 0.306 e. The first-order valence-electron chi connectivity index (χ1n) is 5.97. The Morgan fingerprint density at radius 3 is 2.35 bits per heavy atom. The van der Waals surface area contributed by atoms with Gasteiger partial charge >= 0.3 is 5.97 Å². The number of benzene rings is 1. The lowest BCUT2D eigenvalue weighted by Crippen LogP contribution is -2.29. The molecule has 0 amide bonds. The molecule has 0 aliphatic rings. The number of aryl methyl sites for hydroxylation is 1. The molecule has 0 fully saturated rings.